The number of nitrogens with zero attached hydrogens (tertiary/aromatic N) is 4. The van der Waals surface area contributed by atoms with E-state index in [2.05, 4.69) is 19.9 Å². The summed E-state index contributed by atoms with van der Waals surface area (Å²) in [6.45, 7) is 10.4. The van der Waals surface area contributed by atoms with E-state index in [1.165, 1.54) is 0 Å². The number of hydrogen-bond donors (Lipinski definition) is 1. The molecule has 0 radical (unpaired) electrons. The van der Waals surface area contributed by atoms with Gasteiger partial charge in [-0.1, -0.05) is 27.7 Å². The number of aromatic carboxylic acids is 1. The lowest BCUT2D eigenvalue weighted by molar-refractivity contribution is -0.261. The highest BCUT2D eigenvalue weighted by atomic mass is 16.6. The summed E-state index contributed by atoms with van der Waals surface area (Å²) in [5.74, 6) is -0.0578. The molecule has 1 unspecified atom stereocenters. The Hall–Kier alpha value is -3.63. The molecule has 3 heterocycles. The molecule has 3 aromatic heterocycles. The molecule has 0 aliphatic rings. The van der Waals surface area contributed by atoms with Crippen molar-refractivity contribution in [2.45, 2.75) is 59.6 Å². The molecule has 11 nitrogen and oxygen atoms in total. The van der Waals surface area contributed by atoms with Crippen molar-refractivity contribution in [2.24, 2.45) is 4.99 Å². The van der Waals surface area contributed by atoms with Crippen molar-refractivity contribution in [3.8, 4) is 23.2 Å². The van der Waals surface area contributed by atoms with E-state index in [1.54, 1.807) is 34.6 Å². The summed E-state index contributed by atoms with van der Waals surface area (Å²) in [7, 11) is 0. The molecule has 1 N–H and O–H groups in total. The van der Waals surface area contributed by atoms with Crippen LogP contribution in [0.4, 0.5) is 0 Å². The molecule has 0 bridgehead atoms. The van der Waals surface area contributed by atoms with Gasteiger partial charge >= 0.3 is 5.97 Å². The van der Waals surface area contributed by atoms with Gasteiger partial charge in [-0.05, 0) is 20.3 Å². The minimum absolute atomic E-state index is 0.0117. The maximum Gasteiger partial charge on any atom is 0.357 e. The lowest BCUT2D eigenvalue weighted by atomic mass is 10.2. The Morgan fingerprint density at radius 2 is 1.81 bits per heavy atom. The van der Waals surface area contributed by atoms with Crippen molar-refractivity contribution in [3.05, 3.63) is 29.4 Å². The van der Waals surface area contributed by atoms with Gasteiger partial charge in [0.25, 0.3) is 0 Å². The monoisotopic (exact) mass is 431 g/mol. The molecule has 11 heteroatoms. The molecule has 3 aromatic rings. The Kier molecular flexibility index (Phi) is 5.87. The maximum atomic E-state index is 12.1. The van der Waals surface area contributed by atoms with Crippen LogP contribution in [0.2, 0.25) is 0 Å². The molecule has 0 aliphatic carbocycles. The van der Waals surface area contributed by atoms with Crippen LogP contribution in [0.3, 0.4) is 0 Å². The third kappa shape index (κ3) is 4.93. The van der Waals surface area contributed by atoms with Gasteiger partial charge in [-0.15, -0.1) is 0 Å². The second-order valence-electron chi connectivity index (χ2n) is 7.76. The summed E-state index contributed by atoms with van der Waals surface area (Å²) in [5, 5.41) is 21.1. The van der Waals surface area contributed by atoms with Crippen LogP contribution >= 0.6 is 0 Å². The Balaban J connectivity index is 1.91. The molecule has 0 saturated carbocycles. The lowest BCUT2D eigenvalue weighted by Crippen LogP contribution is -2.32. The lowest BCUT2D eigenvalue weighted by Gasteiger charge is -2.30. The van der Waals surface area contributed by atoms with Crippen molar-refractivity contribution in [1.82, 2.24) is 15.0 Å². The average molecular weight is 431 g/mol. The number of aryl methyl sites for hydroxylation is 2. The largest absolute Gasteiger partial charge is 0.595 e. The molecule has 166 valence electrons. The van der Waals surface area contributed by atoms with Gasteiger partial charge < -0.3 is 28.2 Å². The topological polar surface area (TPSA) is 160 Å². The molecule has 0 fully saturated rings. The van der Waals surface area contributed by atoms with Gasteiger partial charge in [0.15, 0.2) is 17.1 Å². The average Bonchev–Trinajstić information content (AvgIpc) is 3.36. The van der Waals surface area contributed by atoms with Gasteiger partial charge in [0, 0.05) is 5.60 Å². The fraction of sp³-hybridized carbons (Fsp3) is 0.450. The van der Waals surface area contributed by atoms with Crippen LogP contribution in [0.15, 0.2) is 24.5 Å². The first-order chi connectivity index (χ1) is 14.5. The quantitative estimate of drug-likeness (QED) is 0.453. The third-order valence-electron chi connectivity index (χ3n) is 4.06. The Morgan fingerprint density at radius 3 is 2.39 bits per heavy atom. The second kappa shape index (κ2) is 8.25. The zero-order valence-corrected chi connectivity index (χ0v) is 18.0. The number of carboxylic acid groups (broad SMARTS) is 1. The van der Waals surface area contributed by atoms with Crippen LogP contribution in [0.5, 0.6) is 0 Å². The van der Waals surface area contributed by atoms with E-state index in [1.807, 2.05) is 6.92 Å². The van der Waals surface area contributed by atoms with Crippen molar-refractivity contribution in [1.29, 1.82) is 0 Å². The number of carboxylic acids is 1. The summed E-state index contributed by atoms with van der Waals surface area (Å²) >= 11 is 0. The summed E-state index contributed by atoms with van der Waals surface area (Å²) in [6, 6.07) is -0.636. The van der Waals surface area contributed by atoms with Crippen LogP contribution in [0.25, 0.3) is 23.2 Å². The molecule has 0 spiro atoms. The van der Waals surface area contributed by atoms with E-state index >= 15 is 0 Å². The van der Waals surface area contributed by atoms with E-state index in [9.17, 15) is 9.90 Å². The van der Waals surface area contributed by atoms with Gasteiger partial charge in [-0.25, -0.2) is 19.7 Å². The van der Waals surface area contributed by atoms with Gasteiger partial charge in [0.1, 0.15) is 29.9 Å². The van der Waals surface area contributed by atoms with Crippen LogP contribution in [-0.4, -0.2) is 37.7 Å². The third-order valence-corrected chi connectivity index (χ3v) is 4.06. The SMILES string of the molecule is CCC(N=C([O-])OC(C)(C)C)c1nc(-c2nc(-c3nc(C(=O)O)co3)c(C)o2)c(C)o1. The molecule has 0 aromatic carbocycles. The molecule has 0 saturated heterocycles. The minimum Gasteiger partial charge on any atom is -0.595 e. The molecule has 3 rings (SSSR count). The molecular weight excluding hydrogens is 408 g/mol. The fourth-order valence-electron chi connectivity index (χ4n) is 2.67. The highest BCUT2D eigenvalue weighted by molar-refractivity contribution is 5.85. The zero-order chi connectivity index (χ0) is 22.9. The molecule has 0 amide bonds. The molecular formula is C20H23N4O7-. The standard InChI is InChI=1S/C20H24N4O7/c1-7-11(22-19(27)31-20(4,5)6)15-23-14(10(3)29-15)17-24-13(9(2)30-17)16-21-12(8-28-16)18(25)26/h8,11H,7H2,1-6H3,(H,22,27)(H,25,26)/p-1. The first-order valence-electron chi connectivity index (χ1n) is 9.56. The second-order valence-corrected chi connectivity index (χ2v) is 7.76. The summed E-state index contributed by atoms with van der Waals surface area (Å²) in [6.07, 6.45) is 0.779. The van der Waals surface area contributed by atoms with Gasteiger partial charge in [0.05, 0.1) is 0 Å². The summed E-state index contributed by atoms with van der Waals surface area (Å²) < 4.78 is 21.8. The van der Waals surface area contributed by atoms with E-state index in [4.69, 9.17) is 23.1 Å². The molecule has 31 heavy (non-hydrogen) atoms. The number of aliphatic imine (C=N–C) groups is 1. The van der Waals surface area contributed by atoms with E-state index in [0.29, 0.717) is 23.6 Å². The van der Waals surface area contributed by atoms with Gasteiger partial charge in [0.2, 0.25) is 17.7 Å². The first-order valence-corrected chi connectivity index (χ1v) is 9.56. The van der Waals surface area contributed by atoms with Crippen LogP contribution in [0, 0.1) is 13.8 Å². The van der Waals surface area contributed by atoms with Crippen molar-refractivity contribution < 1.29 is 33.0 Å². The minimum atomic E-state index is -1.22. The highest BCUT2D eigenvalue weighted by Gasteiger charge is 2.25. The van der Waals surface area contributed by atoms with Crippen LogP contribution < -0.4 is 5.11 Å². The number of ether oxygens (including phenoxy) is 1. The van der Waals surface area contributed by atoms with Crippen molar-refractivity contribution >= 4 is 12.1 Å². The smallest absolute Gasteiger partial charge is 0.357 e. The number of hydrogen-bond acceptors (Lipinski definition) is 10. The van der Waals surface area contributed by atoms with E-state index < -0.39 is 23.7 Å². The summed E-state index contributed by atoms with van der Waals surface area (Å²) in [5.41, 5.74) is -0.333. The first kappa shape index (κ1) is 22.1. The molecule has 1 atom stereocenters. The number of carbonyl (C=O) groups is 1. The van der Waals surface area contributed by atoms with Crippen molar-refractivity contribution in [3.63, 3.8) is 0 Å². The number of rotatable bonds is 6. The normalized spacial score (nSPS) is 13.4. The Morgan fingerprint density at radius 1 is 1.16 bits per heavy atom. The van der Waals surface area contributed by atoms with E-state index in [0.717, 1.165) is 6.26 Å². The summed E-state index contributed by atoms with van der Waals surface area (Å²) in [4.78, 5) is 27.7. The Labute approximate surface area is 177 Å². The number of oxazole rings is 3. The highest BCUT2D eigenvalue weighted by Crippen LogP contribution is 2.32. The zero-order valence-electron chi connectivity index (χ0n) is 18.0. The fourth-order valence-corrected chi connectivity index (χ4v) is 2.67. The van der Waals surface area contributed by atoms with Gasteiger partial charge in [-0.3, -0.25) is 4.99 Å². The maximum absolute atomic E-state index is 12.1. The van der Waals surface area contributed by atoms with Crippen molar-refractivity contribution in [2.75, 3.05) is 0 Å². The van der Waals surface area contributed by atoms with Crippen LogP contribution in [-0.2, 0) is 4.74 Å². The Bertz CT molecular complexity index is 1120. The predicted molar refractivity (Wildman–Crippen MR) is 105 cm³/mol. The van der Waals surface area contributed by atoms with Crippen LogP contribution in [0.1, 0.15) is 68.1 Å². The van der Waals surface area contributed by atoms with E-state index in [-0.39, 0.29) is 29.1 Å². The predicted octanol–water partition coefficient (Wildman–Crippen LogP) is 3.28. The molecule has 0 aliphatic heterocycles. The van der Waals surface area contributed by atoms with Gasteiger partial charge in [-0.2, -0.15) is 0 Å². The number of aromatic nitrogens is 3.